The largest absolute Gasteiger partial charge is 0.274 e. The van der Waals surface area contributed by atoms with Gasteiger partial charge in [-0.1, -0.05) is 23.8 Å². The SMILES string of the molecule is O=C1C[C@@]2(C[C@@H]3C=C[C@@H]2C3)C(=O)N1c1ccc(Cl)cc1. The van der Waals surface area contributed by atoms with Crippen LogP contribution in [0.25, 0.3) is 0 Å². The Morgan fingerprint density at radius 2 is 1.90 bits per heavy atom. The molecule has 3 atom stereocenters. The number of anilines is 1. The van der Waals surface area contributed by atoms with Gasteiger partial charge in [-0.25, -0.2) is 0 Å². The predicted molar refractivity (Wildman–Crippen MR) is 76.3 cm³/mol. The number of carbonyl (C=O) groups is 2. The Balaban J connectivity index is 1.73. The monoisotopic (exact) mass is 287 g/mol. The van der Waals surface area contributed by atoms with Crippen LogP contribution in [-0.4, -0.2) is 11.8 Å². The molecule has 20 heavy (non-hydrogen) atoms. The zero-order valence-corrected chi connectivity index (χ0v) is 11.6. The fourth-order valence-electron chi connectivity index (χ4n) is 4.02. The van der Waals surface area contributed by atoms with Crippen molar-refractivity contribution in [3.8, 4) is 0 Å². The third-order valence-corrected chi connectivity index (χ3v) is 5.19. The molecule has 2 bridgehead atoms. The van der Waals surface area contributed by atoms with Crippen LogP contribution in [0.1, 0.15) is 19.3 Å². The number of amides is 2. The van der Waals surface area contributed by atoms with Crippen LogP contribution < -0.4 is 4.90 Å². The predicted octanol–water partition coefficient (Wildman–Crippen LogP) is 3.19. The van der Waals surface area contributed by atoms with Gasteiger partial charge < -0.3 is 0 Å². The van der Waals surface area contributed by atoms with Crippen molar-refractivity contribution in [3.05, 3.63) is 41.4 Å². The van der Waals surface area contributed by atoms with E-state index in [1.54, 1.807) is 24.3 Å². The lowest BCUT2D eigenvalue weighted by atomic mass is 9.74. The third kappa shape index (κ3) is 1.47. The molecule has 4 heteroatoms. The molecule has 2 aliphatic carbocycles. The van der Waals surface area contributed by atoms with Crippen molar-refractivity contribution in [2.75, 3.05) is 4.90 Å². The molecule has 1 heterocycles. The van der Waals surface area contributed by atoms with Crippen molar-refractivity contribution < 1.29 is 9.59 Å². The van der Waals surface area contributed by atoms with Crippen molar-refractivity contribution in [1.82, 2.24) is 0 Å². The topological polar surface area (TPSA) is 37.4 Å². The summed E-state index contributed by atoms with van der Waals surface area (Å²) in [5, 5.41) is 0.602. The fraction of sp³-hybridized carbons (Fsp3) is 0.375. The van der Waals surface area contributed by atoms with Crippen molar-refractivity contribution >= 4 is 29.1 Å². The molecule has 0 N–H and O–H groups in total. The number of carbonyl (C=O) groups excluding carboxylic acids is 2. The zero-order chi connectivity index (χ0) is 13.9. The van der Waals surface area contributed by atoms with Gasteiger partial charge >= 0.3 is 0 Å². The van der Waals surface area contributed by atoms with Crippen LogP contribution in [0.5, 0.6) is 0 Å². The van der Waals surface area contributed by atoms with Crippen LogP contribution in [0, 0.1) is 17.3 Å². The Hall–Kier alpha value is -1.61. The highest BCUT2D eigenvalue weighted by Gasteiger charge is 2.60. The Morgan fingerprint density at radius 1 is 1.15 bits per heavy atom. The molecule has 0 radical (unpaired) electrons. The first-order valence-corrected chi connectivity index (χ1v) is 7.29. The Labute approximate surface area is 122 Å². The number of imide groups is 1. The molecular weight excluding hydrogens is 274 g/mol. The average molecular weight is 288 g/mol. The summed E-state index contributed by atoms with van der Waals surface area (Å²) in [6, 6.07) is 6.90. The summed E-state index contributed by atoms with van der Waals surface area (Å²) in [6.45, 7) is 0. The van der Waals surface area contributed by atoms with Crippen LogP contribution in [0.4, 0.5) is 5.69 Å². The molecule has 1 saturated heterocycles. The highest BCUT2D eigenvalue weighted by Crippen LogP contribution is 2.57. The highest BCUT2D eigenvalue weighted by atomic mass is 35.5. The molecule has 2 amide bonds. The second-order valence-corrected chi connectivity index (χ2v) is 6.47. The molecule has 1 saturated carbocycles. The van der Waals surface area contributed by atoms with Gasteiger partial charge in [0.2, 0.25) is 11.8 Å². The Morgan fingerprint density at radius 3 is 2.50 bits per heavy atom. The van der Waals surface area contributed by atoms with Gasteiger partial charge in [-0.05, 0) is 48.9 Å². The van der Waals surface area contributed by atoms with Crippen molar-refractivity contribution in [2.45, 2.75) is 19.3 Å². The van der Waals surface area contributed by atoms with E-state index >= 15 is 0 Å². The smallest absolute Gasteiger partial charge is 0.241 e. The summed E-state index contributed by atoms with van der Waals surface area (Å²) in [5.74, 6) is 0.600. The number of halogens is 1. The van der Waals surface area contributed by atoms with Crippen molar-refractivity contribution in [3.63, 3.8) is 0 Å². The molecule has 1 aromatic carbocycles. The maximum absolute atomic E-state index is 12.9. The average Bonchev–Trinajstić information content (AvgIpc) is 3.07. The molecule has 3 nitrogen and oxygen atoms in total. The third-order valence-electron chi connectivity index (χ3n) is 4.94. The Bertz CT molecular complexity index is 636. The summed E-state index contributed by atoms with van der Waals surface area (Å²) in [5.41, 5.74) is 0.156. The summed E-state index contributed by atoms with van der Waals surface area (Å²) in [4.78, 5) is 26.6. The summed E-state index contributed by atoms with van der Waals surface area (Å²) in [6.07, 6.45) is 6.51. The van der Waals surface area contributed by atoms with E-state index in [-0.39, 0.29) is 17.7 Å². The fourth-order valence-corrected chi connectivity index (χ4v) is 4.14. The summed E-state index contributed by atoms with van der Waals surface area (Å²) < 4.78 is 0. The van der Waals surface area contributed by atoms with Gasteiger partial charge in [0.15, 0.2) is 0 Å². The molecule has 1 spiro atoms. The van der Waals surface area contributed by atoms with Crippen molar-refractivity contribution in [2.24, 2.45) is 17.3 Å². The maximum atomic E-state index is 12.9. The van der Waals surface area contributed by atoms with Gasteiger partial charge in [0.1, 0.15) is 0 Å². The van der Waals surface area contributed by atoms with Crippen LogP contribution in [0.3, 0.4) is 0 Å². The molecule has 1 aromatic rings. The van der Waals surface area contributed by atoms with Gasteiger partial charge in [0, 0.05) is 11.4 Å². The molecule has 1 aliphatic heterocycles. The zero-order valence-electron chi connectivity index (χ0n) is 10.9. The number of rotatable bonds is 1. The normalized spacial score (nSPS) is 34.8. The maximum Gasteiger partial charge on any atom is 0.241 e. The van der Waals surface area contributed by atoms with E-state index in [1.165, 1.54) is 4.90 Å². The first-order valence-electron chi connectivity index (χ1n) is 6.91. The van der Waals surface area contributed by atoms with E-state index in [0.717, 1.165) is 12.8 Å². The quantitative estimate of drug-likeness (QED) is 0.588. The van der Waals surface area contributed by atoms with Gasteiger partial charge in [-0.2, -0.15) is 0 Å². The molecule has 2 fully saturated rings. The van der Waals surface area contributed by atoms with E-state index in [2.05, 4.69) is 12.2 Å². The van der Waals surface area contributed by atoms with Gasteiger partial charge in [0.05, 0.1) is 11.1 Å². The van der Waals surface area contributed by atoms with E-state index in [1.807, 2.05) is 0 Å². The summed E-state index contributed by atoms with van der Waals surface area (Å²) >= 11 is 5.87. The highest BCUT2D eigenvalue weighted by molar-refractivity contribution is 6.30. The number of hydrogen-bond acceptors (Lipinski definition) is 2. The lowest BCUT2D eigenvalue weighted by Crippen LogP contribution is -2.38. The van der Waals surface area contributed by atoms with Gasteiger partial charge in [0.25, 0.3) is 0 Å². The van der Waals surface area contributed by atoms with Crippen molar-refractivity contribution in [1.29, 1.82) is 0 Å². The standard InChI is InChI=1S/C16H14ClNO2/c17-12-3-5-13(6-4-12)18-14(19)9-16(15(18)20)8-10-1-2-11(16)7-10/h1-6,10-11H,7-9H2/t10-,11-,16-/m1/s1. The van der Waals surface area contributed by atoms with E-state index in [4.69, 9.17) is 11.6 Å². The number of nitrogens with zero attached hydrogens (tertiary/aromatic N) is 1. The lowest BCUT2D eigenvalue weighted by Gasteiger charge is -2.28. The minimum absolute atomic E-state index is 0.0262. The summed E-state index contributed by atoms with van der Waals surface area (Å²) in [7, 11) is 0. The van der Waals surface area contributed by atoms with E-state index in [9.17, 15) is 9.59 Å². The minimum atomic E-state index is -0.476. The van der Waals surface area contributed by atoms with Crippen LogP contribution in [0.15, 0.2) is 36.4 Å². The Kier molecular flexibility index (Phi) is 2.40. The van der Waals surface area contributed by atoms with Gasteiger partial charge in [-0.15, -0.1) is 0 Å². The number of allylic oxidation sites excluding steroid dienone is 2. The van der Waals surface area contributed by atoms with Crippen LogP contribution >= 0.6 is 11.6 Å². The minimum Gasteiger partial charge on any atom is -0.274 e. The molecule has 3 aliphatic rings. The first-order chi connectivity index (χ1) is 9.60. The van der Waals surface area contributed by atoms with E-state index < -0.39 is 5.41 Å². The van der Waals surface area contributed by atoms with Crippen LogP contribution in [-0.2, 0) is 9.59 Å². The lowest BCUT2D eigenvalue weighted by molar-refractivity contribution is -0.126. The second-order valence-electron chi connectivity index (χ2n) is 6.03. The van der Waals surface area contributed by atoms with Crippen LogP contribution in [0.2, 0.25) is 5.02 Å². The first kappa shape index (κ1) is 12.2. The number of benzene rings is 1. The second kappa shape index (κ2) is 3.95. The number of fused-ring (bicyclic) bond motifs is 3. The van der Waals surface area contributed by atoms with E-state index in [0.29, 0.717) is 23.0 Å². The molecular formula is C16H14ClNO2. The molecule has 4 rings (SSSR count). The molecule has 102 valence electrons. The molecule has 0 aromatic heterocycles. The van der Waals surface area contributed by atoms with Gasteiger partial charge in [-0.3, -0.25) is 14.5 Å². The number of hydrogen-bond donors (Lipinski definition) is 0. The molecule has 0 unspecified atom stereocenters.